The van der Waals surface area contributed by atoms with Crippen molar-refractivity contribution >= 4 is 5.97 Å². The molecule has 0 radical (unpaired) electrons. The number of fused-ring (bicyclic) bond motifs is 1. The summed E-state index contributed by atoms with van der Waals surface area (Å²) in [7, 11) is 0. The van der Waals surface area contributed by atoms with Crippen LogP contribution >= 0.6 is 0 Å². The van der Waals surface area contributed by atoms with Crippen LogP contribution in [0.3, 0.4) is 0 Å². The van der Waals surface area contributed by atoms with Crippen molar-refractivity contribution in [2.24, 2.45) is 0 Å². The maximum Gasteiger partial charge on any atom is 0.354 e. The summed E-state index contributed by atoms with van der Waals surface area (Å²) >= 11 is 0. The summed E-state index contributed by atoms with van der Waals surface area (Å²) in [4.78, 5) is 14.3. The molecular weight excluding hydrogens is 158 g/mol. The largest absolute Gasteiger partial charge is 0.477 e. The van der Waals surface area contributed by atoms with E-state index >= 15 is 0 Å². The number of carboxylic acid groups (broad SMARTS) is 1. The predicted molar refractivity (Wildman–Crippen MR) is 39.7 cm³/mol. The molecule has 1 N–H and O–H groups in total. The number of aromatic nitrogens is 1. The van der Waals surface area contributed by atoms with Gasteiger partial charge in [0.25, 0.3) is 0 Å². The van der Waals surface area contributed by atoms with Crippen molar-refractivity contribution in [1.82, 2.24) is 4.98 Å². The first-order valence-electron chi connectivity index (χ1n) is 3.56. The van der Waals surface area contributed by atoms with Crippen molar-refractivity contribution in [3.63, 3.8) is 0 Å². The number of aromatic carboxylic acids is 1. The Balaban J connectivity index is 2.45. The van der Waals surface area contributed by atoms with Crippen molar-refractivity contribution in [3.8, 4) is 0 Å². The summed E-state index contributed by atoms with van der Waals surface area (Å²) in [5, 5.41) is 8.61. The van der Waals surface area contributed by atoms with E-state index < -0.39 is 5.97 Å². The van der Waals surface area contributed by atoms with Crippen LogP contribution in [0.1, 0.15) is 21.6 Å². The van der Waals surface area contributed by atoms with E-state index in [1.807, 2.05) is 0 Å². The van der Waals surface area contributed by atoms with E-state index in [1.54, 1.807) is 12.3 Å². The fourth-order valence-electron chi connectivity index (χ4n) is 1.18. The zero-order valence-electron chi connectivity index (χ0n) is 6.28. The van der Waals surface area contributed by atoms with Crippen LogP contribution in [-0.2, 0) is 18.0 Å². The fourth-order valence-corrected chi connectivity index (χ4v) is 1.18. The maximum absolute atomic E-state index is 10.5. The molecule has 4 nitrogen and oxygen atoms in total. The summed E-state index contributed by atoms with van der Waals surface area (Å²) in [5.41, 5.74) is 2.00. The second-order valence-electron chi connectivity index (χ2n) is 2.64. The van der Waals surface area contributed by atoms with Gasteiger partial charge in [-0.1, -0.05) is 0 Å². The SMILES string of the molecule is O=C(O)c1cc2c(cn1)COC2. The first-order valence-corrected chi connectivity index (χ1v) is 3.56. The molecule has 0 spiro atoms. The van der Waals surface area contributed by atoms with Crippen molar-refractivity contribution in [3.05, 3.63) is 29.1 Å². The van der Waals surface area contributed by atoms with E-state index in [-0.39, 0.29) is 5.69 Å². The highest BCUT2D eigenvalue weighted by molar-refractivity contribution is 5.85. The Kier molecular flexibility index (Phi) is 1.55. The molecule has 4 heteroatoms. The van der Waals surface area contributed by atoms with Gasteiger partial charge in [-0.15, -0.1) is 0 Å². The standard InChI is InChI=1S/C8H7NO3/c10-8(11)7-1-5-3-12-4-6(5)2-9-7/h1-2H,3-4H2,(H,10,11). The molecule has 0 saturated carbocycles. The number of hydrogen-bond donors (Lipinski definition) is 1. The third kappa shape index (κ3) is 1.06. The third-order valence-electron chi connectivity index (χ3n) is 1.82. The van der Waals surface area contributed by atoms with Gasteiger partial charge in [-0.2, -0.15) is 0 Å². The number of nitrogens with zero attached hydrogens (tertiary/aromatic N) is 1. The smallest absolute Gasteiger partial charge is 0.354 e. The quantitative estimate of drug-likeness (QED) is 0.668. The molecule has 0 aromatic carbocycles. The first kappa shape index (κ1) is 7.24. The minimum absolute atomic E-state index is 0.0826. The van der Waals surface area contributed by atoms with E-state index in [0.29, 0.717) is 13.2 Å². The Morgan fingerprint density at radius 2 is 2.25 bits per heavy atom. The van der Waals surface area contributed by atoms with Gasteiger partial charge < -0.3 is 9.84 Å². The van der Waals surface area contributed by atoms with Crippen molar-refractivity contribution in [2.45, 2.75) is 13.2 Å². The molecule has 1 aromatic rings. The van der Waals surface area contributed by atoms with Gasteiger partial charge in [0.15, 0.2) is 0 Å². The number of pyridine rings is 1. The van der Waals surface area contributed by atoms with Crippen LogP contribution in [0, 0.1) is 0 Å². The normalized spacial score (nSPS) is 14.3. The van der Waals surface area contributed by atoms with Crippen LogP contribution < -0.4 is 0 Å². The monoisotopic (exact) mass is 165 g/mol. The third-order valence-corrected chi connectivity index (χ3v) is 1.82. The van der Waals surface area contributed by atoms with Crippen LogP contribution in [0.2, 0.25) is 0 Å². The molecule has 2 heterocycles. The molecule has 0 bridgehead atoms. The van der Waals surface area contributed by atoms with E-state index in [0.717, 1.165) is 11.1 Å². The van der Waals surface area contributed by atoms with Crippen molar-refractivity contribution in [1.29, 1.82) is 0 Å². The number of ether oxygens (including phenoxy) is 1. The molecule has 0 aliphatic carbocycles. The van der Waals surface area contributed by atoms with Crippen LogP contribution in [-0.4, -0.2) is 16.1 Å². The predicted octanol–water partition coefficient (Wildman–Crippen LogP) is 0.810. The van der Waals surface area contributed by atoms with Gasteiger partial charge in [0.1, 0.15) is 5.69 Å². The summed E-state index contributed by atoms with van der Waals surface area (Å²) in [6.45, 7) is 1.04. The molecule has 0 fully saturated rings. The Morgan fingerprint density at radius 3 is 3.00 bits per heavy atom. The van der Waals surface area contributed by atoms with E-state index in [9.17, 15) is 4.79 Å². The molecule has 1 aromatic heterocycles. The van der Waals surface area contributed by atoms with Gasteiger partial charge in [0.05, 0.1) is 13.2 Å². The van der Waals surface area contributed by atoms with Gasteiger partial charge in [0.2, 0.25) is 0 Å². The van der Waals surface area contributed by atoms with Crippen molar-refractivity contribution < 1.29 is 14.6 Å². The van der Waals surface area contributed by atoms with Crippen LogP contribution in [0.15, 0.2) is 12.3 Å². The van der Waals surface area contributed by atoms with Crippen LogP contribution in [0.4, 0.5) is 0 Å². The van der Waals surface area contributed by atoms with Crippen LogP contribution in [0.5, 0.6) is 0 Å². The molecule has 0 unspecified atom stereocenters. The Bertz CT molecular complexity index is 335. The van der Waals surface area contributed by atoms with Gasteiger partial charge in [0, 0.05) is 11.8 Å². The molecule has 1 aliphatic heterocycles. The number of carboxylic acids is 1. The van der Waals surface area contributed by atoms with Gasteiger partial charge in [-0.3, -0.25) is 0 Å². The zero-order chi connectivity index (χ0) is 8.55. The highest BCUT2D eigenvalue weighted by atomic mass is 16.5. The fraction of sp³-hybridized carbons (Fsp3) is 0.250. The highest BCUT2D eigenvalue weighted by Gasteiger charge is 2.14. The lowest BCUT2D eigenvalue weighted by Gasteiger charge is -1.96. The number of carbonyl (C=O) groups is 1. The summed E-state index contributed by atoms with van der Waals surface area (Å²) < 4.78 is 5.12. The van der Waals surface area contributed by atoms with Gasteiger partial charge in [-0.25, -0.2) is 9.78 Å². The summed E-state index contributed by atoms with van der Waals surface area (Å²) in [6.07, 6.45) is 1.56. The van der Waals surface area contributed by atoms with E-state index in [1.165, 1.54) is 0 Å². The molecule has 1 aliphatic rings. The van der Waals surface area contributed by atoms with Crippen LogP contribution in [0.25, 0.3) is 0 Å². The topological polar surface area (TPSA) is 59.4 Å². The second-order valence-corrected chi connectivity index (χ2v) is 2.64. The summed E-state index contributed by atoms with van der Waals surface area (Å²) in [5.74, 6) is -0.996. The molecule has 62 valence electrons. The minimum atomic E-state index is -0.996. The number of hydrogen-bond acceptors (Lipinski definition) is 3. The van der Waals surface area contributed by atoms with Gasteiger partial charge >= 0.3 is 5.97 Å². The first-order chi connectivity index (χ1) is 5.77. The van der Waals surface area contributed by atoms with E-state index in [2.05, 4.69) is 4.98 Å². The molecular formula is C8H7NO3. The average molecular weight is 165 g/mol. The van der Waals surface area contributed by atoms with Gasteiger partial charge in [-0.05, 0) is 11.6 Å². The van der Waals surface area contributed by atoms with E-state index in [4.69, 9.17) is 9.84 Å². The molecule has 2 rings (SSSR count). The molecule has 0 amide bonds. The molecule has 0 atom stereocenters. The Labute approximate surface area is 68.8 Å². The lowest BCUT2D eigenvalue weighted by atomic mass is 10.1. The Hall–Kier alpha value is -1.42. The highest BCUT2D eigenvalue weighted by Crippen LogP contribution is 2.18. The van der Waals surface area contributed by atoms with Crippen molar-refractivity contribution in [2.75, 3.05) is 0 Å². The minimum Gasteiger partial charge on any atom is -0.477 e. The maximum atomic E-state index is 10.5. The second kappa shape index (κ2) is 2.57. The molecule has 12 heavy (non-hydrogen) atoms. The zero-order valence-corrected chi connectivity index (χ0v) is 6.28. The lowest BCUT2D eigenvalue weighted by Crippen LogP contribution is -2.01. The Morgan fingerprint density at radius 1 is 1.50 bits per heavy atom. The average Bonchev–Trinajstić information content (AvgIpc) is 2.49. The number of rotatable bonds is 1. The lowest BCUT2D eigenvalue weighted by molar-refractivity contribution is 0.0690. The summed E-state index contributed by atoms with van der Waals surface area (Å²) in [6, 6.07) is 1.56. The molecule has 0 saturated heterocycles.